The summed E-state index contributed by atoms with van der Waals surface area (Å²) in [6.07, 6.45) is 10.2. The second kappa shape index (κ2) is 8.35. The molecule has 0 bridgehead atoms. The van der Waals surface area contributed by atoms with Gasteiger partial charge in [-0.25, -0.2) is 9.97 Å². The summed E-state index contributed by atoms with van der Waals surface area (Å²) in [5.41, 5.74) is 5.29. The standard InChI is InChI=1S/C26H27ClN4/c1-18-13-14-21(15-23(18)27)31-16-22(19-9-5-3-6-10-19)24-25(28-17-29-26(24)31)30(2)20-11-7-4-8-12-20/h3,5-6,9-10,13-17,20H,4,7-8,11-12H2,1-2H3. The Labute approximate surface area is 188 Å². The molecule has 2 aromatic heterocycles. The van der Waals surface area contributed by atoms with Gasteiger partial charge < -0.3 is 9.47 Å². The van der Waals surface area contributed by atoms with E-state index in [-0.39, 0.29) is 0 Å². The fourth-order valence-corrected chi connectivity index (χ4v) is 4.89. The van der Waals surface area contributed by atoms with Crippen LogP contribution in [0.5, 0.6) is 0 Å². The summed E-state index contributed by atoms with van der Waals surface area (Å²) in [6.45, 7) is 2.02. The van der Waals surface area contributed by atoms with Crippen LogP contribution in [0.4, 0.5) is 5.82 Å². The number of fused-ring (bicyclic) bond motifs is 1. The van der Waals surface area contributed by atoms with E-state index in [0.717, 1.165) is 44.3 Å². The lowest BCUT2D eigenvalue weighted by atomic mass is 9.94. The van der Waals surface area contributed by atoms with E-state index in [1.165, 1.54) is 32.1 Å². The Morgan fingerprint density at radius 2 is 1.77 bits per heavy atom. The van der Waals surface area contributed by atoms with Gasteiger partial charge in [-0.3, -0.25) is 0 Å². The smallest absolute Gasteiger partial charge is 0.150 e. The van der Waals surface area contributed by atoms with Crippen molar-refractivity contribution in [2.24, 2.45) is 0 Å². The molecule has 0 unspecified atom stereocenters. The van der Waals surface area contributed by atoms with Crippen LogP contribution >= 0.6 is 11.6 Å². The first-order chi connectivity index (χ1) is 15.1. The van der Waals surface area contributed by atoms with Crippen LogP contribution in [-0.4, -0.2) is 27.6 Å². The average molecular weight is 431 g/mol. The molecule has 31 heavy (non-hydrogen) atoms. The number of anilines is 1. The fourth-order valence-electron chi connectivity index (χ4n) is 4.72. The van der Waals surface area contributed by atoms with Crippen molar-refractivity contribution in [2.45, 2.75) is 45.1 Å². The largest absolute Gasteiger partial charge is 0.356 e. The van der Waals surface area contributed by atoms with Crippen LogP contribution in [0.25, 0.3) is 27.8 Å². The molecule has 4 aromatic rings. The zero-order valence-corrected chi connectivity index (χ0v) is 18.8. The van der Waals surface area contributed by atoms with E-state index in [2.05, 4.69) is 59.1 Å². The van der Waals surface area contributed by atoms with E-state index < -0.39 is 0 Å². The molecule has 2 aromatic carbocycles. The molecule has 0 atom stereocenters. The summed E-state index contributed by atoms with van der Waals surface area (Å²) >= 11 is 6.47. The summed E-state index contributed by atoms with van der Waals surface area (Å²) in [4.78, 5) is 11.9. The second-order valence-electron chi connectivity index (χ2n) is 8.51. The normalized spacial score (nSPS) is 14.8. The Bertz CT molecular complexity index is 1210. The van der Waals surface area contributed by atoms with Crippen molar-refractivity contribution >= 4 is 28.5 Å². The first-order valence-corrected chi connectivity index (χ1v) is 11.4. The van der Waals surface area contributed by atoms with Crippen molar-refractivity contribution in [2.75, 3.05) is 11.9 Å². The first-order valence-electron chi connectivity index (χ1n) is 11.0. The highest BCUT2D eigenvalue weighted by Crippen LogP contribution is 2.38. The molecule has 5 heteroatoms. The topological polar surface area (TPSA) is 34.0 Å². The van der Waals surface area contributed by atoms with Gasteiger partial charge >= 0.3 is 0 Å². The maximum atomic E-state index is 6.47. The number of rotatable bonds is 4. The van der Waals surface area contributed by atoms with E-state index in [1.807, 2.05) is 19.1 Å². The van der Waals surface area contributed by atoms with Crippen LogP contribution in [-0.2, 0) is 0 Å². The van der Waals surface area contributed by atoms with Crippen molar-refractivity contribution in [3.63, 3.8) is 0 Å². The van der Waals surface area contributed by atoms with E-state index in [4.69, 9.17) is 21.6 Å². The number of aryl methyl sites for hydroxylation is 1. The van der Waals surface area contributed by atoms with Crippen molar-refractivity contribution in [3.8, 4) is 16.8 Å². The number of aromatic nitrogens is 3. The van der Waals surface area contributed by atoms with Gasteiger partial charge in [0.25, 0.3) is 0 Å². The molecule has 1 aliphatic rings. The van der Waals surface area contributed by atoms with Crippen LogP contribution in [0.2, 0.25) is 5.02 Å². The third kappa shape index (κ3) is 3.70. The Balaban J connectivity index is 1.74. The predicted octanol–water partition coefficient (Wildman–Crippen LogP) is 6.82. The minimum absolute atomic E-state index is 0.521. The minimum Gasteiger partial charge on any atom is -0.356 e. The van der Waals surface area contributed by atoms with Gasteiger partial charge in [-0.1, -0.05) is 67.3 Å². The molecule has 0 amide bonds. The molecule has 4 nitrogen and oxygen atoms in total. The number of nitrogens with zero attached hydrogens (tertiary/aromatic N) is 4. The maximum absolute atomic E-state index is 6.47. The van der Waals surface area contributed by atoms with Gasteiger partial charge in [-0.15, -0.1) is 0 Å². The zero-order valence-electron chi connectivity index (χ0n) is 18.1. The SMILES string of the molecule is Cc1ccc(-n2cc(-c3ccccc3)c3c(N(C)C4CCCCC4)ncnc32)cc1Cl. The summed E-state index contributed by atoms with van der Waals surface area (Å²) in [5, 5.41) is 1.85. The van der Waals surface area contributed by atoms with Crippen molar-refractivity contribution in [3.05, 3.63) is 71.6 Å². The zero-order chi connectivity index (χ0) is 21.4. The lowest BCUT2D eigenvalue weighted by molar-refractivity contribution is 0.426. The molecule has 1 aliphatic carbocycles. The number of hydrogen-bond acceptors (Lipinski definition) is 3. The Morgan fingerprint density at radius 3 is 2.52 bits per heavy atom. The second-order valence-corrected chi connectivity index (χ2v) is 8.92. The van der Waals surface area contributed by atoms with Gasteiger partial charge in [-0.2, -0.15) is 0 Å². The molecule has 1 fully saturated rings. The Hall–Kier alpha value is -2.85. The molecule has 0 aliphatic heterocycles. The Kier molecular flexibility index (Phi) is 5.41. The summed E-state index contributed by atoms with van der Waals surface area (Å²) in [7, 11) is 2.19. The van der Waals surface area contributed by atoms with Crippen molar-refractivity contribution in [1.29, 1.82) is 0 Å². The van der Waals surface area contributed by atoms with Gasteiger partial charge in [-0.05, 0) is 43.0 Å². The molecular weight excluding hydrogens is 404 g/mol. The van der Waals surface area contributed by atoms with Crippen molar-refractivity contribution < 1.29 is 0 Å². The molecule has 0 saturated heterocycles. The summed E-state index contributed by atoms with van der Waals surface area (Å²) in [6, 6.07) is 17.2. The highest BCUT2D eigenvalue weighted by atomic mass is 35.5. The quantitative estimate of drug-likeness (QED) is 0.356. The number of benzene rings is 2. The predicted molar refractivity (Wildman–Crippen MR) is 129 cm³/mol. The van der Waals surface area contributed by atoms with E-state index in [9.17, 15) is 0 Å². The van der Waals surface area contributed by atoms with Crippen LogP contribution in [0.15, 0.2) is 61.1 Å². The molecule has 2 heterocycles. The van der Waals surface area contributed by atoms with Gasteiger partial charge in [0.2, 0.25) is 0 Å². The third-order valence-electron chi connectivity index (χ3n) is 6.54. The fraction of sp³-hybridized carbons (Fsp3) is 0.308. The van der Waals surface area contributed by atoms with E-state index in [0.29, 0.717) is 6.04 Å². The number of hydrogen-bond donors (Lipinski definition) is 0. The van der Waals surface area contributed by atoms with Crippen LogP contribution in [0.3, 0.4) is 0 Å². The highest BCUT2D eigenvalue weighted by Gasteiger charge is 2.24. The van der Waals surface area contributed by atoms with Crippen LogP contribution in [0.1, 0.15) is 37.7 Å². The van der Waals surface area contributed by atoms with Gasteiger partial charge in [0.1, 0.15) is 12.1 Å². The molecule has 0 radical (unpaired) electrons. The molecule has 1 saturated carbocycles. The van der Waals surface area contributed by atoms with E-state index >= 15 is 0 Å². The lowest BCUT2D eigenvalue weighted by Crippen LogP contribution is -2.34. The number of halogens is 1. The van der Waals surface area contributed by atoms with Gasteiger partial charge in [0, 0.05) is 35.6 Å². The highest BCUT2D eigenvalue weighted by molar-refractivity contribution is 6.31. The monoisotopic (exact) mass is 430 g/mol. The summed E-state index contributed by atoms with van der Waals surface area (Å²) < 4.78 is 2.14. The van der Waals surface area contributed by atoms with Gasteiger partial charge in [0.05, 0.1) is 5.39 Å². The molecule has 5 rings (SSSR count). The maximum Gasteiger partial charge on any atom is 0.150 e. The van der Waals surface area contributed by atoms with Crippen LogP contribution in [0, 0.1) is 6.92 Å². The van der Waals surface area contributed by atoms with Crippen LogP contribution < -0.4 is 4.90 Å². The molecule has 0 N–H and O–H groups in total. The molecule has 0 spiro atoms. The minimum atomic E-state index is 0.521. The first kappa shape index (κ1) is 20.1. The van der Waals surface area contributed by atoms with E-state index in [1.54, 1.807) is 6.33 Å². The third-order valence-corrected chi connectivity index (χ3v) is 6.95. The molecule has 158 valence electrons. The lowest BCUT2D eigenvalue weighted by Gasteiger charge is -2.32. The average Bonchev–Trinajstić information content (AvgIpc) is 3.21. The summed E-state index contributed by atoms with van der Waals surface area (Å²) in [5.74, 6) is 1.01. The van der Waals surface area contributed by atoms with Gasteiger partial charge in [0.15, 0.2) is 5.65 Å². The Morgan fingerprint density at radius 1 is 1.00 bits per heavy atom. The molecular formula is C26H27ClN4. The van der Waals surface area contributed by atoms with Crippen molar-refractivity contribution in [1.82, 2.24) is 14.5 Å².